The van der Waals surface area contributed by atoms with Crippen LogP contribution in [0.4, 0.5) is 10.3 Å². The van der Waals surface area contributed by atoms with Gasteiger partial charge in [0.05, 0.1) is 27.4 Å². The predicted octanol–water partition coefficient (Wildman–Crippen LogP) is 2.70. The van der Waals surface area contributed by atoms with Gasteiger partial charge in [-0.2, -0.15) is 5.10 Å². The second-order valence-electron chi connectivity index (χ2n) is 4.55. The molecule has 0 saturated carbocycles. The zero-order valence-corrected chi connectivity index (χ0v) is 11.8. The van der Waals surface area contributed by atoms with E-state index in [1.54, 1.807) is 9.25 Å². The molecule has 0 aliphatic heterocycles. The quantitative estimate of drug-likeness (QED) is 0.790. The Labute approximate surface area is 119 Å². The van der Waals surface area contributed by atoms with E-state index in [1.807, 2.05) is 20.2 Å². The number of fused-ring (bicyclic) bond motifs is 1. The van der Waals surface area contributed by atoms with Gasteiger partial charge in [-0.05, 0) is 12.5 Å². The molecule has 2 aromatic heterocycles. The number of halogens is 2. The lowest BCUT2D eigenvalue weighted by molar-refractivity contribution is 0.629. The summed E-state index contributed by atoms with van der Waals surface area (Å²) in [6, 6.07) is 2.81. The van der Waals surface area contributed by atoms with Crippen molar-refractivity contribution in [2.75, 3.05) is 5.73 Å². The molecule has 0 unspecified atom stereocenters. The molecule has 0 aliphatic rings. The number of nitrogens with zero attached hydrogens (tertiary/aromatic N) is 4. The Morgan fingerprint density at radius 2 is 2.15 bits per heavy atom. The number of aryl methyl sites for hydroxylation is 2. The van der Waals surface area contributed by atoms with Gasteiger partial charge in [0, 0.05) is 19.3 Å². The first kappa shape index (κ1) is 12.9. The van der Waals surface area contributed by atoms with Crippen molar-refractivity contribution in [2.24, 2.45) is 7.05 Å². The molecule has 3 aromatic rings. The van der Waals surface area contributed by atoms with Crippen molar-refractivity contribution >= 4 is 28.6 Å². The van der Waals surface area contributed by atoms with E-state index < -0.39 is 5.82 Å². The molecule has 0 saturated heterocycles. The van der Waals surface area contributed by atoms with E-state index in [1.165, 1.54) is 12.1 Å². The lowest BCUT2D eigenvalue weighted by Crippen LogP contribution is -2.02. The SMILES string of the molecule is CCc1nn(C)cc1-n1c(N)nc2cc(Cl)c(F)cc21. The van der Waals surface area contributed by atoms with Crippen molar-refractivity contribution in [3.8, 4) is 5.69 Å². The maximum absolute atomic E-state index is 13.7. The maximum Gasteiger partial charge on any atom is 0.206 e. The first-order chi connectivity index (χ1) is 9.51. The minimum Gasteiger partial charge on any atom is -0.369 e. The van der Waals surface area contributed by atoms with E-state index in [9.17, 15) is 4.39 Å². The zero-order valence-electron chi connectivity index (χ0n) is 11.1. The number of anilines is 1. The van der Waals surface area contributed by atoms with Crippen LogP contribution in [0, 0.1) is 5.82 Å². The fourth-order valence-electron chi connectivity index (χ4n) is 2.31. The molecule has 104 valence electrons. The molecule has 2 heterocycles. The number of hydrogen-bond donors (Lipinski definition) is 1. The van der Waals surface area contributed by atoms with Gasteiger partial charge < -0.3 is 5.73 Å². The van der Waals surface area contributed by atoms with Gasteiger partial charge in [-0.15, -0.1) is 0 Å². The third-order valence-corrected chi connectivity index (χ3v) is 3.47. The summed E-state index contributed by atoms with van der Waals surface area (Å²) in [6.07, 6.45) is 2.58. The maximum atomic E-state index is 13.7. The second-order valence-corrected chi connectivity index (χ2v) is 4.96. The van der Waals surface area contributed by atoms with Gasteiger partial charge in [0.2, 0.25) is 5.95 Å². The standard InChI is InChI=1S/C13H13ClFN5/c1-3-9-12(6-19(2)18-9)20-11-5-8(15)7(14)4-10(11)17-13(20)16/h4-6H,3H2,1-2H3,(H2,16,17). The highest BCUT2D eigenvalue weighted by Gasteiger charge is 2.17. The average Bonchev–Trinajstić information content (AvgIpc) is 2.89. The zero-order chi connectivity index (χ0) is 14.4. The fourth-order valence-corrected chi connectivity index (χ4v) is 2.46. The summed E-state index contributed by atoms with van der Waals surface area (Å²) in [4.78, 5) is 4.23. The highest BCUT2D eigenvalue weighted by atomic mass is 35.5. The van der Waals surface area contributed by atoms with Crippen LogP contribution >= 0.6 is 11.6 Å². The molecular formula is C13H13ClFN5. The van der Waals surface area contributed by atoms with Crippen LogP contribution in [-0.4, -0.2) is 19.3 Å². The number of benzene rings is 1. The minimum atomic E-state index is -0.498. The van der Waals surface area contributed by atoms with Gasteiger partial charge >= 0.3 is 0 Å². The van der Waals surface area contributed by atoms with E-state index in [4.69, 9.17) is 17.3 Å². The molecule has 0 atom stereocenters. The first-order valence-electron chi connectivity index (χ1n) is 6.17. The smallest absolute Gasteiger partial charge is 0.206 e. The lowest BCUT2D eigenvalue weighted by atomic mass is 10.2. The van der Waals surface area contributed by atoms with E-state index in [0.29, 0.717) is 11.0 Å². The average molecular weight is 294 g/mol. The molecule has 0 amide bonds. The molecule has 0 radical (unpaired) electrons. The van der Waals surface area contributed by atoms with Crippen molar-refractivity contribution in [3.05, 3.63) is 34.9 Å². The number of nitrogen functional groups attached to an aromatic ring is 1. The van der Waals surface area contributed by atoms with Gasteiger partial charge in [-0.3, -0.25) is 9.25 Å². The highest BCUT2D eigenvalue weighted by molar-refractivity contribution is 6.31. The Bertz CT molecular complexity index is 805. The molecule has 5 nitrogen and oxygen atoms in total. The van der Waals surface area contributed by atoms with Gasteiger partial charge in [-0.25, -0.2) is 9.37 Å². The molecule has 7 heteroatoms. The molecule has 1 aromatic carbocycles. The van der Waals surface area contributed by atoms with Gasteiger partial charge in [0.15, 0.2) is 0 Å². The van der Waals surface area contributed by atoms with Crippen molar-refractivity contribution in [2.45, 2.75) is 13.3 Å². The summed E-state index contributed by atoms with van der Waals surface area (Å²) in [5.41, 5.74) is 8.77. The van der Waals surface area contributed by atoms with E-state index in [0.717, 1.165) is 17.8 Å². The largest absolute Gasteiger partial charge is 0.369 e. The van der Waals surface area contributed by atoms with Crippen molar-refractivity contribution in [1.29, 1.82) is 0 Å². The topological polar surface area (TPSA) is 61.7 Å². The number of aromatic nitrogens is 4. The van der Waals surface area contributed by atoms with Crippen molar-refractivity contribution < 1.29 is 4.39 Å². The van der Waals surface area contributed by atoms with Gasteiger partial charge in [-0.1, -0.05) is 18.5 Å². The molecule has 0 aliphatic carbocycles. The second kappa shape index (κ2) is 4.49. The van der Waals surface area contributed by atoms with Crippen LogP contribution in [0.1, 0.15) is 12.6 Å². The Kier molecular flexibility index (Phi) is 2.90. The fraction of sp³-hybridized carbons (Fsp3) is 0.231. The van der Waals surface area contributed by atoms with Crippen molar-refractivity contribution in [1.82, 2.24) is 19.3 Å². The van der Waals surface area contributed by atoms with E-state index in [-0.39, 0.29) is 11.0 Å². The summed E-state index contributed by atoms with van der Waals surface area (Å²) >= 11 is 5.78. The third kappa shape index (κ3) is 1.84. The van der Waals surface area contributed by atoms with E-state index in [2.05, 4.69) is 10.1 Å². The molecular weight excluding hydrogens is 281 g/mol. The number of imidazole rings is 1. The Morgan fingerprint density at radius 3 is 2.85 bits per heavy atom. The molecule has 0 bridgehead atoms. The third-order valence-electron chi connectivity index (χ3n) is 3.18. The summed E-state index contributed by atoms with van der Waals surface area (Å²) in [7, 11) is 1.83. The Morgan fingerprint density at radius 1 is 1.40 bits per heavy atom. The van der Waals surface area contributed by atoms with Crippen LogP contribution in [0.25, 0.3) is 16.7 Å². The van der Waals surface area contributed by atoms with Crippen molar-refractivity contribution in [3.63, 3.8) is 0 Å². The summed E-state index contributed by atoms with van der Waals surface area (Å²) in [5.74, 6) is -0.216. The summed E-state index contributed by atoms with van der Waals surface area (Å²) in [5, 5.41) is 4.40. The molecule has 3 rings (SSSR count). The lowest BCUT2D eigenvalue weighted by Gasteiger charge is -2.05. The molecule has 0 spiro atoms. The number of rotatable bonds is 2. The van der Waals surface area contributed by atoms with E-state index >= 15 is 0 Å². The number of hydrogen-bond acceptors (Lipinski definition) is 3. The molecule has 20 heavy (non-hydrogen) atoms. The molecule has 2 N–H and O–H groups in total. The molecule has 0 fully saturated rings. The van der Waals surface area contributed by atoms with Gasteiger partial charge in [0.1, 0.15) is 5.82 Å². The normalized spacial score (nSPS) is 11.4. The Balaban J connectivity index is 2.35. The van der Waals surface area contributed by atoms with Crippen LogP contribution < -0.4 is 5.73 Å². The predicted molar refractivity (Wildman–Crippen MR) is 76.6 cm³/mol. The van der Waals surface area contributed by atoms with Crippen LogP contribution in [0.15, 0.2) is 18.3 Å². The van der Waals surface area contributed by atoms with Crippen LogP contribution in [0.5, 0.6) is 0 Å². The first-order valence-corrected chi connectivity index (χ1v) is 6.55. The summed E-state index contributed by atoms with van der Waals surface area (Å²) < 4.78 is 17.1. The highest BCUT2D eigenvalue weighted by Crippen LogP contribution is 2.28. The number of nitrogens with two attached hydrogens (primary N) is 1. The van der Waals surface area contributed by atoms with Crippen LogP contribution in [0.3, 0.4) is 0 Å². The Hall–Kier alpha value is -2.08. The van der Waals surface area contributed by atoms with Gasteiger partial charge in [0.25, 0.3) is 0 Å². The monoisotopic (exact) mass is 293 g/mol. The minimum absolute atomic E-state index is 0.0315. The van der Waals surface area contributed by atoms with Crippen LogP contribution in [-0.2, 0) is 13.5 Å². The summed E-state index contributed by atoms with van der Waals surface area (Å²) in [6.45, 7) is 2.00. The van der Waals surface area contributed by atoms with Crippen LogP contribution in [0.2, 0.25) is 5.02 Å².